The van der Waals surface area contributed by atoms with Crippen molar-refractivity contribution in [1.82, 2.24) is 4.90 Å². The Hall–Kier alpha value is -0.870. The predicted octanol–water partition coefficient (Wildman–Crippen LogP) is 3.64. The lowest BCUT2D eigenvalue weighted by Gasteiger charge is -2.30. The third-order valence-corrected chi connectivity index (χ3v) is 4.52. The van der Waals surface area contributed by atoms with Gasteiger partial charge in [-0.2, -0.15) is 0 Å². The van der Waals surface area contributed by atoms with Gasteiger partial charge >= 0.3 is 0 Å². The minimum atomic E-state index is 0.111. The second-order valence-corrected chi connectivity index (χ2v) is 6.44. The zero-order valence-corrected chi connectivity index (χ0v) is 13.9. The summed E-state index contributed by atoms with van der Waals surface area (Å²) in [7, 11) is 1.68. The summed E-state index contributed by atoms with van der Waals surface area (Å²) >= 11 is 3.45. The van der Waals surface area contributed by atoms with Gasteiger partial charge in [0.1, 0.15) is 0 Å². The summed E-state index contributed by atoms with van der Waals surface area (Å²) in [4.78, 5) is 14.8. The summed E-state index contributed by atoms with van der Waals surface area (Å²) < 4.78 is 6.10. The smallest absolute Gasteiger partial charge is 0.254 e. The van der Waals surface area contributed by atoms with Gasteiger partial charge in [-0.1, -0.05) is 22.0 Å². The monoisotopic (exact) mass is 339 g/mol. The molecule has 110 valence electrons. The molecule has 1 fully saturated rings. The van der Waals surface area contributed by atoms with Crippen LogP contribution >= 0.6 is 15.9 Å². The van der Waals surface area contributed by atoms with Gasteiger partial charge in [0.15, 0.2) is 0 Å². The average molecular weight is 340 g/mol. The maximum absolute atomic E-state index is 12.8. The van der Waals surface area contributed by atoms with Gasteiger partial charge in [-0.3, -0.25) is 4.79 Å². The van der Waals surface area contributed by atoms with Crippen LogP contribution in [0.5, 0.6) is 0 Å². The zero-order valence-electron chi connectivity index (χ0n) is 12.4. The maximum Gasteiger partial charge on any atom is 0.254 e. The number of ether oxygens (including phenoxy) is 1. The topological polar surface area (TPSA) is 29.5 Å². The van der Waals surface area contributed by atoms with Crippen LogP contribution in [0, 0.1) is 12.8 Å². The van der Waals surface area contributed by atoms with Crippen LogP contribution in [0.1, 0.15) is 35.7 Å². The summed E-state index contributed by atoms with van der Waals surface area (Å²) in [6.45, 7) is 5.36. The molecule has 1 aliphatic carbocycles. The Kier molecular flexibility index (Phi) is 5.22. The first-order valence-electron chi connectivity index (χ1n) is 7.10. The van der Waals surface area contributed by atoms with E-state index in [1.54, 1.807) is 7.11 Å². The zero-order chi connectivity index (χ0) is 14.7. The lowest BCUT2D eigenvalue weighted by atomic mass is 10.1. The van der Waals surface area contributed by atoms with Gasteiger partial charge in [0.25, 0.3) is 5.91 Å². The van der Waals surface area contributed by atoms with E-state index < -0.39 is 0 Å². The number of hydrogen-bond acceptors (Lipinski definition) is 2. The van der Waals surface area contributed by atoms with E-state index in [0.717, 1.165) is 15.6 Å². The predicted molar refractivity (Wildman–Crippen MR) is 84.0 cm³/mol. The first kappa shape index (κ1) is 15.5. The van der Waals surface area contributed by atoms with Crippen molar-refractivity contribution in [3.8, 4) is 0 Å². The van der Waals surface area contributed by atoms with E-state index in [9.17, 15) is 4.79 Å². The van der Waals surface area contributed by atoms with Crippen LogP contribution in [0.4, 0.5) is 0 Å². The van der Waals surface area contributed by atoms with E-state index in [2.05, 4.69) is 22.9 Å². The van der Waals surface area contributed by atoms with Crippen LogP contribution < -0.4 is 0 Å². The van der Waals surface area contributed by atoms with Crippen molar-refractivity contribution >= 4 is 21.8 Å². The molecule has 1 amide bonds. The molecular formula is C16H22BrNO2. The van der Waals surface area contributed by atoms with Crippen LogP contribution in [0.15, 0.2) is 22.7 Å². The Morgan fingerprint density at radius 1 is 1.50 bits per heavy atom. The number of amides is 1. The number of nitrogens with zero attached hydrogens (tertiary/aromatic N) is 1. The molecule has 0 spiro atoms. The largest absolute Gasteiger partial charge is 0.383 e. The molecule has 0 bridgehead atoms. The SMILES string of the molecule is COCCN(C(=O)c1cc(Br)ccc1C)C(C)C1CC1. The molecule has 20 heavy (non-hydrogen) atoms. The fraction of sp³-hybridized carbons (Fsp3) is 0.562. The first-order valence-corrected chi connectivity index (χ1v) is 7.90. The van der Waals surface area contributed by atoms with E-state index in [1.807, 2.05) is 30.0 Å². The first-order chi connectivity index (χ1) is 9.54. The van der Waals surface area contributed by atoms with Crippen LogP contribution in [-0.2, 0) is 4.74 Å². The quantitative estimate of drug-likeness (QED) is 0.791. The summed E-state index contributed by atoms with van der Waals surface area (Å²) in [6.07, 6.45) is 2.46. The minimum absolute atomic E-state index is 0.111. The molecule has 0 radical (unpaired) electrons. The summed E-state index contributed by atoms with van der Waals surface area (Å²) in [5.41, 5.74) is 1.80. The molecule has 0 heterocycles. The summed E-state index contributed by atoms with van der Waals surface area (Å²) in [6, 6.07) is 6.15. The fourth-order valence-electron chi connectivity index (χ4n) is 2.49. The number of benzene rings is 1. The molecular weight excluding hydrogens is 318 g/mol. The molecule has 3 nitrogen and oxygen atoms in total. The van der Waals surface area contributed by atoms with E-state index in [1.165, 1.54) is 12.8 Å². The Bertz CT molecular complexity index is 485. The molecule has 1 aromatic carbocycles. The van der Waals surface area contributed by atoms with Crippen molar-refractivity contribution in [3.63, 3.8) is 0 Å². The molecule has 2 rings (SSSR count). The third-order valence-electron chi connectivity index (χ3n) is 4.02. The van der Waals surface area contributed by atoms with Crippen molar-refractivity contribution in [2.75, 3.05) is 20.3 Å². The molecule has 0 aromatic heterocycles. The van der Waals surface area contributed by atoms with E-state index >= 15 is 0 Å². The highest BCUT2D eigenvalue weighted by atomic mass is 79.9. The molecule has 1 atom stereocenters. The van der Waals surface area contributed by atoms with E-state index in [-0.39, 0.29) is 11.9 Å². The normalized spacial score (nSPS) is 16.0. The Labute approximate surface area is 129 Å². The Morgan fingerprint density at radius 2 is 2.20 bits per heavy atom. The number of methoxy groups -OCH3 is 1. The number of hydrogen-bond donors (Lipinski definition) is 0. The summed E-state index contributed by atoms with van der Waals surface area (Å²) in [5.74, 6) is 0.767. The van der Waals surface area contributed by atoms with Crippen LogP contribution in [-0.4, -0.2) is 37.1 Å². The second kappa shape index (κ2) is 6.72. The van der Waals surface area contributed by atoms with Crippen LogP contribution in [0.25, 0.3) is 0 Å². The summed E-state index contributed by atoms with van der Waals surface area (Å²) in [5, 5.41) is 0. The minimum Gasteiger partial charge on any atom is -0.383 e. The lowest BCUT2D eigenvalue weighted by Crippen LogP contribution is -2.42. The van der Waals surface area contributed by atoms with Gasteiger partial charge in [0, 0.05) is 29.7 Å². The van der Waals surface area contributed by atoms with Crippen molar-refractivity contribution < 1.29 is 9.53 Å². The number of carbonyl (C=O) groups is 1. The molecule has 1 unspecified atom stereocenters. The van der Waals surface area contributed by atoms with Gasteiger partial charge in [0.2, 0.25) is 0 Å². The number of halogens is 1. The van der Waals surface area contributed by atoms with Crippen molar-refractivity contribution in [1.29, 1.82) is 0 Å². The van der Waals surface area contributed by atoms with Crippen LogP contribution in [0.3, 0.4) is 0 Å². The Morgan fingerprint density at radius 3 is 2.80 bits per heavy atom. The van der Waals surface area contributed by atoms with Gasteiger partial charge in [-0.25, -0.2) is 0 Å². The van der Waals surface area contributed by atoms with E-state index in [0.29, 0.717) is 19.1 Å². The van der Waals surface area contributed by atoms with Crippen LogP contribution in [0.2, 0.25) is 0 Å². The number of aryl methyl sites for hydroxylation is 1. The van der Waals surface area contributed by atoms with Gasteiger partial charge in [-0.15, -0.1) is 0 Å². The number of rotatable bonds is 6. The van der Waals surface area contributed by atoms with Gasteiger partial charge < -0.3 is 9.64 Å². The molecule has 0 N–H and O–H groups in total. The van der Waals surface area contributed by atoms with Crippen molar-refractivity contribution in [2.24, 2.45) is 5.92 Å². The highest BCUT2D eigenvalue weighted by molar-refractivity contribution is 9.10. The standard InChI is InChI=1S/C16H22BrNO2/c1-11-4-7-14(17)10-15(11)16(19)18(8-9-20-3)12(2)13-5-6-13/h4,7,10,12-13H,5-6,8-9H2,1-3H3. The lowest BCUT2D eigenvalue weighted by molar-refractivity contribution is 0.0594. The molecule has 0 aliphatic heterocycles. The van der Waals surface area contributed by atoms with Crippen molar-refractivity contribution in [3.05, 3.63) is 33.8 Å². The molecule has 1 saturated carbocycles. The highest BCUT2D eigenvalue weighted by Crippen LogP contribution is 2.35. The molecule has 4 heteroatoms. The molecule has 1 aliphatic rings. The van der Waals surface area contributed by atoms with Gasteiger partial charge in [0.05, 0.1) is 6.61 Å². The van der Waals surface area contributed by atoms with Crippen molar-refractivity contribution in [2.45, 2.75) is 32.7 Å². The average Bonchev–Trinajstić information content (AvgIpc) is 3.26. The maximum atomic E-state index is 12.8. The van der Waals surface area contributed by atoms with Gasteiger partial charge in [-0.05, 0) is 50.3 Å². The third kappa shape index (κ3) is 3.61. The highest BCUT2D eigenvalue weighted by Gasteiger charge is 2.34. The molecule has 0 saturated heterocycles. The number of carbonyl (C=O) groups excluding carboxylic acids is 1. The fourth-order valence-corrected chi connectivity index (χ4v) is 2.85. The Balaban J connectivity index is 2.22. The molecule has 1 aromatic rings. The van der Waals surface area contributed by atoms with E-state index in [4.69, 9.17) is 4.74 Å². The second-order valence-electron chi connectivity index (χ2n) is 5.53.